The first-order chi connectivity index (χ1) is 14.5. The monoisotopic (exact) mass is 413 g/mol. The molecule has 30 heavy (non-hydrogen) atoms. The number of hydrogen-bond acceptors (Lipinski definition) is 4. The molecule has 5 nitrogen and oxygen atoms in total. The molecular formula is C25H35NO4. The molecule has 0 unspecified atom stereocenters. The van der Waals surface area contributed by atoms with Crippen LogP contribution in [0.4, 0.5) is 0 Å². The van der Waals surface area contributed by atoms with E-state index in [1.165, 1.54) is 12.7 Å². The Morgan fingerprint density at radius 2 is 2.07 bits per heavy atom. The second-order valence-electron chi connectivity index (χ2n) is 7.97. The van der Waals surface area contributed by atoms with Gasteiger partial charge in [-0.05, 0) is 43.6 Å². The summed E-state index contributed by atoms with van der Waals surface area (Å²) in [7, 11) is 1.39. The number of unbranched alkanes of at least 4 members (excludes halogenated alkanes) is 1. The zero-order chi connectivity index (χ0) is 21.8. The first kappa shape index (κ1) is 23.9. The Balaban J connectivity index is 1.76. The van der Waals surface area contributed by atoms with Crippen molar-refractivity contribution in [1.82, 2.24) is 4.90 Å². The summed E-state index contributed by atoms with van der Waals surface area (Å²) in [5, 5.41) is 10.5. The fourth-order valence-electron chi connectivity index (χ4n) is 3.61. The molecule has 1 aromatic rings. The van der Waals surface area contributed by atoms with Crippen molar-refractivity contribution in [3.05, 3.63) is 60.2 Å². The second kappa shape index (κ2) is 13.0. The largest absolute Gasteiger partial charge is 0.469 e. The summed E-state index contributed by atoms with van der Waals surface area (Å²) in [5.74, 6) is 0.108. The molecule has 0 bridgehead atoms. The van der Waals surface area contributed by atoms with Crippen molar-refractivity contribution in [2.45, 2.75) is 64.0 Å². The standard InChI is InChI=1S/C25H35NO4/c1-20(13-14-21-10-6-5-7-11-21)23(27)17-15-22-16-18-24(28)26(22)19-9-4-3-8-12-25(29)30-2/h4-7,9-11,15,17,20,22-23,27H,3,8,12-14,16,18-19H2,1-2H3/b9-4-,17-15+/t20-,22-,23+/m0/s1. The molecule has 0 aromatic heterocycles. The van der Waals surface area contributed by atoms with Crippen LogP contribution in [-0.2, 0) is 20.7 Å². The van der Waals surface area contributed by atoms with Crippen LogP contribution in [-0.4, -0.2) is 47.7 Å². The summed E-state index contributed by atoms with van der Waals surface area (Å²) in [6.45, 7) is 2.62. The molecule has 0 spiro atoms. The number of allylic oxidation sites excluding steroid dienone is 1. The number of aryl methyl sites for hydroxylation is 1. The molecule has 2 rings (SSSR count). The van der Waals surface area contributed by atoms with E-state index in [9.17, 15) is 14.7 Å². The number of esters is 1. The summed E-state index contributed by atoms with van der Waals surface area (Å²) >= 11 is 0. The van der Waals surface area contributed by atoms with Gasteiger partial charge in [0.2, 0.25) is 5.91 Å². The summed E-state index contributed by atoms with van der Waals surface area (Å²) in [6, 6.07) is 10.3. The number of methoxy groups -OCH3 is 1. The van der Waals surface area contributed by atoms with Gasteiger partial charge in [-0.1, -0.05) is 61.6 Å². The molecule has 0 aliphatic carbocycles. The van der Waals surface area contributed by atoms with Crippen LogP contribution < -0.4 is 0 Å². The second-order valence-corrected chi connectivity index (χ2v) is 7.97. The van der Waals surface area contributed by atoms with E-state index in [-0.39, 0.29) is 23.8 Å². The Kier molecular flexibility index (Phi) is 10.4. The fraction of sp³-hybridized carbons (Fsp3) is 0.520. The van der Waals surface area contributed by atoms with Crippen LogP contribution in [0.2, 0.25) is 0 Å². The number of rotatable bonds is 12. The van der Waals surface area contributed by atoms with Crippen LogP contribution in [0, 0.1) is 5.92 Å². The van der Waals surface area contributed by atoms with E-state index in [2.05, 4.69) is 23.8 Å². The number of aliphatic hydroxyl groups excluding tert-OH is 1. The molecular weight excluding hydrogens is 378 g/mol. The lowest BCUT2D eigenvalue weighted by molar-refractivity contribution is -0.140. The van der Waals surface area contributed by atoms with Crippen LogP contribution in [0.25, 0.3) is 0 Å². The first-order valence-electron chi connectivity index (χ1n) is 10.9. The lowest BCUT2D eigenvalue weighted by Crippen LogP contribution is -2.32. The number of amides is 1. The third-order valence-electron chi connectivity index (χ3n) is 5.67. The highest BCUT2D eigenvalue weighted by Crippen LogP contribution is 2.21. The smallest absolute Gasteiger partial charge is 0.305 e. The predicted molar refractivity (Wildman–Crippen MR) is 119 cm³/mol. The van der Waals surface area contributed by atoms with Gasteiger partial charge in [-0.15, -0.1) is 0 Å². The highest BCUT2D eigenvalue weighted by molar-refractivity contribution is 5.79. The number of ether oxygens (including phenoxy) is 1. The number of carbonyl (C=O) groups excluding carboxylic acids is 2. The van der Waals surface area contributed by atoms with E-state index in [1.54, 1.807) is 0 Å². The van der Waals surface area contributed by atoms with E-state index in [1.807, 2.05) is 47.4 Å². The SMILES string of the molecule is COC(=O)CCC/C=C\CN1C(=O)CC[C@@H]1/C=C/[C@@H](O)[C@@H](C)CCc1ccccc1. The maximum absolute atomic E-state index is 12.2. The third-order valence-corrected chi connectivity index (χ3v) is 5.67. The van der Waals surface area contributed by atoms with Gasteiger partial charge < -0.3 is 14.7 Å². The van der Waals surface area contributed by atoms with Crippen molar-refractivity contribution in [1.29, 1.82) is 0 Å². The number of benzene rings is 1. The van der Waals surface area contributed by atoms with Gasteiger partial charge in [0.1, 0.15) is 0 Å². The van der Waals surface area contributed by atoms with Gasteiger partial charge >= 0.3 is 5.97 Å². The zero-order valence-electron chi connectivity index (χ0n) is 18.2. The molecule has 1 amide bonds. The van der Waals surface area contributed by atoms with E-state index in [4.69, 9.17) is 0 Å². The van der Waals surface area contributed by atoms with Gasteiger partial charge in [0.05, 0.1) is 19.3 Å². The number of hydrogen-bond donors (Lipinski definition) is 1. The van der Waals surface area contributed by atoms with Crippen molar-refractivity contribution >= 4 is 11.9 Å². The summed E-state index contributed by atoms with van der Waals surface area (Å²) < 4.78 is 4.62. The Labute approximate surface area is 180 Å². The summed E-state index contributed by atoms with van der Waals surface area (Å²) in [5.41, 5.74) is 1.28. The van der Waals surface area contributed by atoms with Crippen molar-refractivity contribution in [2.24, 2.45) is 5.92 Å². The summed E-state index contributed by atoms with van der Waals surface area (Å²) in [4.78, 5) is 25.2. The van der Waals surface area contributed by atoms with Crippen molar-refractivity contribution < 1.29 is 19.4 Å². The molecule has 0 saturated carbocycles. The maximum Gasteiger partial charge on any atom is 0.305 e. The molecule has 1 fully saturated rings. The Bertz CT molecular complexity index is 713. The average Bonchev–Trinajstić information content (AvgIpc) is 3.12. The lowest BCUT2D eigenvalue weighted by Gasteiger charge is -2.22. The highest BCUT2D eigenvalue weighted by Gasteiger charge is 2.28. The normalized spacial score (nSPS) is 19.0. The fourth-order valence-corrected chi connectivity index (χ4v) is 3.61. The first-order valence-corrected chi connectivity index (χ1v) is 10.9. The Morgan fingerprint density at radius 3 is 2.80 bits per heavy atom. The quantitative estimate of drug-likeness (QED) is 0.319. The van der Waals surface area contributed by atoms with Gasteiger partial charge in [-0.3, -0.25) is 9.59 Å². The van der Waals surface area contributed by atoms with Gasteiger partial charge in [0.25, 0.3) is 0 Å². The highest BCUT2D eigenvalue weighted by atomic mass is 16.5. The van der Waals surface area contributed by atoms with Gasteiger partial charge in [0, 0.05) is 19.4 Å². The molecule has 1 saturated heterocycles. The van der Waals surface area contributed by atoms with E-state index in [0.717, 1.165) is 32.1 Å². The van der Waals surface area contributed by atoms with E-state index >= 15 is 0 Å². The number of carbonyl (C=O) groups is 2. The molecule has 0 radical (unpaired) electrons. The van der Waals surface area contributed by atoms with Crippen molar-refractivity contribution in [2.75, 3.05) is 13.7 Å². The Hall–Kier alpha value is -2.40. The predicted octanol–water partition coefficient (Wildman–Crippen LogP) is 4.06. The molecule has 1 N–H and O–H groups in total. The molecule has 5 heteroatoms. The third kappa shape index (κ3) is 8.15. The van der Waals surface area contributed by atoms with E-state index in [0.29, 0.717) is 19.4 Å². The van der Waals surface area contributed by atoms with Gasteiger partial charge in [-0.25, -0.2) is 0 Å². The Morgan fingerprint density at radius 1 is 1.30 bits per heavy atom. The van der Waals surface area contributed by atoms with Crippen LogP contribution in [0.15, 0.2) is 54.6 Å². The van der Waals surface area contributed by atoms with Gasteiger partial charge in [-0.2, -0.15) is 0 Å². The molecule has 3 atom stereocenters. The molecule has 1 aliphatic heterocycles. The number of aliphatic hydroxyl groups is 1. The molecule has 164 valence electrons. The van der Waals surface area contributed by atoms with E-state index < -0.39 is 6.10 Å². The van der Waals surface area contributed by atoms with Crippen LogP contribution in [0.5, 0.6) is 0 Å². The summed E-state index contributed by atoms with van der Waals surface area (Å²) in [6.07, 6.45) is 12.5. The topological polar surface area (TPSA) is 66.8 Å². The molecule has 1 aromatic carbocycles. The minimum Gasteiger partial charge on any atom is -0.469 e. The number of nitrogens with zero attached hydrogens (tertiary/aromatic N) is 1. The lowest BCUT2D eigenvalue weighted by atomic mass is 9.95. The van der Waals surface area contributed by atoms with Crippen LogP contribution >= 0.6 is 0 Å². The molecule has 1 aliphatic rings. The minimum absolute atomic E-state index is 0.0354. The zero-order valence-corrected chi connectivity index (χ0v) is 18.2. The minimum atomic E-state index is -0.514. The van der Waals surface area contributed by atoms with Gasteiger partial charge in [0.15, 0.2) is 0 Å². The van der Waals surface area contributed by atoms with Crippen LogP contribution in [0.1, 0.15) is 51.0 Å². The van der Waals surface area contributed by atoms with Crippen LogP contribution in [0.3, 0.4) is 0 Å². The average molecular weight is 414 g/mol. The number of likely N-dealkylation sites (tertiary alicyclic amines) is 1. The van der Waals surface area contributed by atoms with Crippen molar-refractivity contribution in [3.8, 4) is 0 Å². The molecule has 1 heterocycles. The maximum atomic E-state index is 12.2. The van der Waals surface area contributed by atoms with Crippen molar-refractivity contribution in [3.63, 3.8) is 0 Å².